The fourth-order valence-corrected chi connectivity index (χ4v) is 2.13. The molecule has 0 aromatic carbocycles. The summed E-state index contributed by atoms with van der Waals surface area (Å²) in [6.45, 7) is 7.17. The summed E-state index contributed by atoms with van der Waals surface area (Å²) in [6, 6.07) is 3.02. The second kappa shape index (κ2) is 5.69. The zero-order valence-corrected chi connectivity index (χ0v) is 11.3. The van der Waals surface area contributed by atoms with E-state index in [1.54, 1.807) is 0 Å². The van der Waals surface area contributed by atoms with Crippen LogP contribution in [0.1, 0.15) is 43.3 Å². The molecule has 1 N–H and O–H groups in total. The monoisotopic (exact) mass is 236 g/mol. The fraction of sp³-hybridized carbons (Fsp3) is 0.714. The molecule has 0 bridgehead atoms. The van der Waals surface area contributed by atoms with Crippen LogP contribution in [0.3, 0.4) is 0 Å². The Labute approximate surface area is 104 Å². The van der Waals surface area contributed by atoms with Gasteiger partial charge in [-0.05, 0) is 45.8 Å². The molecule has 1 aromatic rings. The predicted octanol–water partition coefficient (Wildman–Crippen LogP) is 2.68. The first-order valence-corrected chi connectivity index (χ1v) is 6.70. The van der Waals surface area contributed by atoms with Crippen LogP contribution in [-0.4, -0.2) is 24.5 Å². The summed E-state index contributed by atoms with van der Waals surface area (Å²) in [6.07, 6.45) is 3.88. The highest BCUT2D eigenvalue weighted by atomic mass is 16.3. The predicted molar refractivity (Wildman–Crippen MR) is 69.9 cm³/mol. The summed E-state index contributed by atoms with van der Waals surface area (Å²) in [4.78, 5) is 2.43. The van der Waals surface area contributed by atoms with E-state index in [1.165, 1.54) is 18.4 Å². The maximum absolute atomic E-state index is 5.77. The van der Waals surface area contributed by atoms with Gasteiger partial charge in [-0.2, -0.15) is 0 Å². The summed E-state index contributed by atoms with van der Waals surface area (Å²) >= 11 is 0. The van der Waals surface area contributed by atoms with Crippen LogP contribution in [0.4, 0.5) is 0 Å². The minimum atomic E-state index is 0.811. The van der Waals surface area contributed by atoms with Crippen molar-refractivity contribution >= 4 is 0 Å². The Morgan fingerprint density at radius 3 is 2.88 bits per heavy atom. The largest absolute Gasteiger partial charge is 0.465 e. The Bertz CT molecular complexity index is 355. The van der Waals surface area contributed by atoms with Crippen LogP contribution in [0.5, 0.6) is 0 Å². The van der Waals surface area contributed by atoms with Gasteiger partial charge in [0.2, 0.25) is 0 Å². The van der Waals surface area contributed by atoms with Gasteiger partial charge in [-0.15, -0.1) is 0 Å². The van der Waals surface area contributed by atoms with Gasteiger partial charge in [0.05, 0.1) is 6.54 Å². The van der Waals surface area contributed by atoms with Crippen LogP contribution < -0.4 is 5.32 Å². The number of rotatable bonds is 7. The van der Waals surface area contributed by atoms with Crippen molar-refractivity contribution in [2.75, 3.05) is 13.6 Å². The van der Waals surface area contributed by atoms with Crippen LogP contribution in [0.2, 0.25) is 0 Å². The minimum absolute atomic E-state index is 0.811. The molecule has 1 heterocycles. The molecule has 1 aliphatic carbocycles. The molecule has 1 fully saturated rings. The van der Waals surface area contributed by atoms with Crippen molar-refractivity contribution in [2.45, 2.75) is 52.2 Å². The van der Waals surface area contributed by atoms with Gasteiger partial charge in [-0.25, -0.2) is 0 Å². The van der Waals surface area contributed by atoms with E-state index < -0.39 is 0 Å². The first-order chi connectivity index (χ1) is 8.20. The Balaban J connectivity index is 1.88. The molecule has 3 heteroatoms. The lowest BCUT2D eigenvalue weighted by Crippen LogP contribution is -2.20. The van der Waals surface area contributed by atoms with Crippen molar-refractivity contribution < 1.29 is 4.42 Å². The Morgan fingerprint density at radius 2 is 2.24 bits per heavy atom. The van der Waals surface area contributed by atoms with E-state index in [1.807, 2.05) is 0 Å². The van der Waals surface area contributed by atoms with Crippen LogP contribution in [0.15, 0.2) is 10.5 Å². The van der Waals surface area contributed by atoms with Gasteiger partial charge in [0.15, 0.2) is 0 Å². The van der Waals surface area contributed by atoms with Gasteiger partial charge >= 0.3 is 0 Å². The van der Waals surface area contributed by atoms with E-state index >= 15 is 0 Å². The van der Waals surface area contributed by atoms with Crippen LogP contribution in [0, 0.1) is 6.92 Å². The third-order valence-corrected chi connectivity index (χ3v) is 3.39. The summed E-state index contributed by atoms with van der Waals surface area (Å²) in [5, 5.41) is 3.37. The van der Waals surface area contributed by atoms with Crippen LogP contribution in [-0.2, 0) is 13.1 Å². The molecule has 3 nitrogen and oxygen atoms in total. The van der Waals surface area contributed by atoms with Gasteiger partial charge in [0.25, 0.3) is 0 Å². The van der Waals surface area contributed by atoms with Crippen molar-refractivity contribution in [3.63, 3.8) is 0 Å². The molecule has 0 unspecified atom stereocenters. The Hall–Kier alpha value is -0.800. The third-order valence-electron chi connectivity index (χ3n) is 3.39. The summed E-state index contributed by atoms with van der Waals surface area (Å²) < 4.78 is 5.77. The highest BCUT2D eigenvalue weighted by Gasteiger charge is 2.26. The first kappa shape index (κ1) is 12.7. The number of nitrogens with one attached hydrogen (secondary N) is 1. The van der Waals surface area contributed by atoms with E-state index in [9.17, 15) is 0 Å². The molecule has 1 aliphatic rings. The lowest BCUT2D eigenvalue weighted by molar-refractivity contribution is 0.313. The van der Waals surface area contributed by atoms with E-state index in [4.69, 9.17) is 4.42 Å². The summed E-state index contributed by atoms with van der Waals surface area (Å²) in [7, 11) is 2.21. The van der Waals surface area contributed by atoms with Gasteiger partial charge < -0.3 is 9.73 Å². The SMILES string of the molecule is CCCNCc1cc(CN(C)C2CC2)c(C)o1. The van der Waals surface area contributed by atoms with Crippen LogP contribution in [0.25, 0.3) is 0 Å². The Kier molecular flexibility index (Phi) is 4.24. The molecule has 0 spiro atoms. The van der Waals surface area contributed by atoms with Gasteiger partial charge in [-0.1, -0.05) is 6.92 Å². The molecule has 0 radical (unpaired) electrons. The lowest BCUT2D eigenvalue weighted by atomic mass is 10.2. The molecular weight excluding hydrogens is 212 g/mol. The normalized spacial score (nSPS) is 15.8. The molecule has 17 heavy (non-hydrogen) atoms. The second-order valence-corrected chi connectivity index (χ2v) is 5.12. The highest BCUT2D eigenvalue weighted by molar-refractivity contribution is 5.21. The van der Waals surface area contributed by atoms with E-state index in [2.05, 4.69) is 37.2 Å². The lowest BCUT2D eigenvalue weighted by Gasteiger charge is -2.14. The second-order valence-electron chi connectivity index (χ2n) is 5.12. The molecule has 0 saturated heterocycles. The standard InChI is InChI=1S/C14H24N2O/c1-4-7-15-9-14-8-12(11(2)17-14)10-16(3)13-5-6-13/h8,13,15H,4-7,9-10H2,1-3H3. The number of nitrogens with zero attached hydrogens (tertiary/aromatic N) is 1. The fourth-order valence-electron chi connectivity index (χ4n) is 2.13. The molecule has 0 aliphatic heterocycles. The summed E-state index contributed by atoms with van der Waals surface area (Å²) in [5.74, 6) is 2.14. The maximum atomic E-state index is 5.77. The zero-order valence-electron chi connectivity index (χ0n) is 11.3. The molecular formula is C14H24N2O. The average Bonchev–Trinajstić information content (AvgIpc) is 3.07. The van der Waals surface area contributed by atoms with Crippen molar-refractivity contribution in [1.82, 2.24) is 10.2 Å². The van der Waals surface area contributed by atoms with Gasteiger partial charge in [-0.3, -0.25) is 4.90 Å². The smallest absolute Gasteiger partial charge is 0.118 e. The molecule has 0 amide bonds. The summed E-state index contributed by atoms with van der Waals surface area (Å²) in [5.41, 5.74) is 1.34. The first-order valence-electron chi connectivity index (χ1n) is 6.70. The Morgan fingerprint density at radius 1 is 1.47 bits per heavy atom. The molecule has 0 atom stereocenters. The van der Waals surface area contributed by atoms with E-state index in [0.717, 1.165) is 43.6 Å². The molecule has 2 rings (SSSR count). The number of aryl methyl sites for hydroxylation is 1. The van der Waals surface area contributed by atoms with E-state index in [-0.39, 0.29) is 0 Å². The minimum Gasteiger partial charge on any atom is -0.465 e. The van der Waals surface area contributed by atoms with E-state index in [0.29, 0.717) is 0 Å². The third kappa shape index (κ3) is 3.58. The molecule has 1 aromatic heterocycles. The molecule has 1 saturated carbocycles. The zero-order chi connectivity index (χ0) is 12.3. The van der Waals surface area contributed by atoms with Crippen molar-refractivity contribution in [3.8, 4) is 0 Å². The topological polar surface area (TPSA) is 28.4 Å². The quantitative estimate of drug-likeness (QED) is 0.738. The highest BCUT2D eigenvalue weighted by Crippen LogP contribution is 2.27. The van der Waals surface area contributed by atoms with Crippen molar-refractivity contribution in [1.29, 1.82) is 0 Å². The average molecular weight is 236 g/mol. The van der Waals surface area contributed by atoms with Crippen molar-refractivity contribution in [2.24, 2.45) is 0 Å². The maximum Gasteiger partial charge on any atom is 0.118 e. The van der Waals surface area contributed by atoms with Crippen LogP contribution >= 0.6 is 0 Å². The van der Waals surface area contributed by atoms with Gasteiger partial charge in [0.1, 0.15) is 11.5 Å². The van der Waals surface area contributed by atoms with Gasteiger partial charge in [0, 0.05) is 18.2 Å². The number of furan rings is 1. The van der Waals surface area contributed by atoms with Crippen molar-refractivity contribution in [3.05, 3.63) is 23.2 Å². The number of hydrogen-bond acceptors (Lipinski definition) is 3. The molecule has 96 valence electrons. The number of hydrogen-bond donors (Lipinski definition) is 1.